The standard InChI is InChI=1S/C23H29N3O3/c1-14-9-7-8-10-16(14)20(27)12-11-17-18(23(28)25(3)4)13-19-21(22(17)29-6)24-15(2)26(19)5/h7-10,13,20,27H,11-12H2,1-6H3/t20-/m1/s1. The van der Waals surface area contributed by atoms with Crippen LogP contribution in [0.2, 0.25) is 0 Å². The van der Waals surface area contributed by atoms with Gasteiger partial charge in [0.05, 0.1) is 18.7 Å². The van der Waals surface area contributed by atoms with Crippen LogP contribution in [0.1, 0.15) is 45.4 Å². The normalized spacial score (nSPS) is 12.2. The summed E-state index contributed by atoms with van der Waals surface area (Å²) < 4.78 is 7.69. The second-order valence-electron chi connectivity index (χ2n) is 7.63. The van der Waals surface area contributed by atoms with E-state index in [0.717, 1.165) is 33.5 Å². The van der Waals surface area contributed by atoms with Gasteiger partial charge in [0.25, 0.3) is 5.91 Å². The minimum Gasteiger partial charge on any atom is -0.494 e. The molecule has 0 aliphatic carbocycles. The van der Waals surface area contributed by atoms with Gasteiger partial charge in [-0.1, -0.05) is 24.3 Å². The van der Waals surface area contributed by atoms with Crippen LogP contribution in [0.15, 0.2) is 30.3 Å². The van der Waals surface area contributed by atoms with Crippen molar-refractivity contribution in [3.05, 3.63) is 58.4 Å². The van der Waals surface area contributed by atoms with E-state index in [4.69, 9.17) is 4.74 Å². The summed E-state index contributed by atoms with van der Waals surface area (Å²) >= 11 is 0. The number of nitrogens with zero attached hydrogens (tertiary/aromatic N) is 3. The number of hydrogen-bond donors (Lipinski definition) is 1. The Morgan fingerprint density at radius 2 is 1.97 bits per heavy atom. The predicted octanol–water partition coefficient (Wildman–Crippen LogP) is 3.57. The summed E-state index contributed by atoms with van der Waals surface area (Å²) in [6.45, 7) is 3.91. The van der Waals surface area contributed by atoms with Gasteiger partial charge in [0.2, 0.25) is 0 Å². The predicted molar refractivity (Wildman–Crippen MR) is 114 cm³/mol. The van der Waals surface area contributed by atoms with Crippen molar-refractivity contribution in [2.45, 2.75) is 32.8 Å². The van der Waals surface area contributed by atoms with Gasteiger partial charge in [-0.15, -0.1) is 0 Å². The molecule has 1 aromatic heterocycles. The monoisotopic (exact) mass is 395 g/mol. The first-order valence-electron chi connectivity index (χ1n) is 9.74. The lowest BCUT2D eigenvalue weighted by molar-refractivity contribution is 0.0825. The Balaban J connectivity index is 2.08. The first-order valence-corrected chi connectivity index (χ1v) is 9.74. The number of aliphatic hydroxyl groups is 1. The molecule has 0 saturated carbocycles. The highest BCUT2D eigenvalue weighted by Crippen LogP contribution is 2.35. The second kappa shape index (κ2) is 8.25. The summed E-state index contributed by atoms with van der Waals surface area (Å²) in [5, 5.41) is 10.8. The molecule has 0 fully saturated rings. The van der Waals surface area contributed by atoms with E-state index in [0.29, 0.717) is 24.2 Å². The zero-order chi connectivity index (χ0) is 21.3. The van der Waals surface area contributed by atoms with E-state index < -0.39 is 6.10 Å². The van der Waals surface area contributed by atoms with Gasteiger partial charge >= 0.3 is 0 Å². The number of aryl methyl sites for hydroxylation is 3. The van der Waals surface area contributed by atoms with Crippen LogP contribution in [0, 0.1) is 13.8 Å². The molecule has 29 heavy (non-hydrogen) atoms. The van der Waals surface area contributed by atoms with Gasteiger partial charge in [0.15, 0.2) is 5.75 Å². The maximum Gasteiger partial charge on any atom is 0.253 e. The summed E-state index contributed by atoms with van der Waals surface area (Å²) in [6.07, 6.45) is 0.357. The molecule has 1 amide bonds. The van der Waals surface area contributed by atoms with Crippen LogP contribution < -0.4 is 4.74 Å². The number of carbonyl (C=O) groups excluding carboxylic acids is 1. The van der Waals surface area contributed by atoms with Gasteiger partial charge in [-0.05, 0) is 43.9 Å². The number of hydrogen-bond acceptors (Lipinski definition) is 4. The first-order chi connectivity index (χ1) is 13.8. The van der Waals surface area contributed by atoms with E-state index >= 15 is 0 Å². The van der Waals surface area contributed by atoms with Crippen molar-refractivity contribution < 1.29 is 14.6 Å². The van der Waals surface area contributed by atoms with Crippen molar-refractivity contribution in [1.82, 2.24) is 14.5 Å². The van der Waals surface area contributed by atoms with Crippen molar-refractivity contribution in [2.75, 3.05) is 21.2 Å². The number of imidazole rings is 1. The van der Waals surface area contributed by atoms with Gasteiger partial charge in [-0.25, -0.2) is 4.98 Å². The SMILES string of the molecule is COc1c(CC[C@@H](O)c2ccccc2C)c(C(=O)N(C)C)cc2c1nc(C)n2C. The number of ether oxygens (including phenoxy) is 1. The molecular formula is C23H29N3O3. The highest BCUT2D eigenvalue weighted by molar-refractivity contribution is 6.01. The number of fused-ring (bicyclic) bond motifs is 1. The van der Waals surface area contributed by atoms with Crippen LogP contribution in [-0.4, -0.2) is 46.7 Å². The van der Waals surface area contributed by atoms with E-state index in [1.54, 1.807) is 26.1 Å². The molecule has 3 aromatic rings. The van der Waals surface area contributed by atoms with Crippen molar-refractivity contribution in [1.29, 1.82) is 0 Å². The lowest BCUT2D eigenvalue weighted by Crippen LogP contribution is -2.23. The molecule has 0 aliphatic heterocycles. The quantitative estimate of drug-likeness (QED) is 0.693. The number of aromatic nitrogens is 2. The van der Waals surface area contributed by atoms with Gasteiger partial charge < -0.3 is 19.3 Å². The van der Waals surface area contributed by atoms with Crippen molar-refractivity contribution in [3.63, 3.8) is 0 Å². The molecule has 1 atom stereocenters. The molecule has 6 nitrogen and oxygen atoms in total. The number of aliphatic hydroxyl groups excluding tert-OH is 1. The van der Waals surface area contributed by atoms with Crippen molar-refractivity contribution in [3.8, 4) is 5.75 Å². The minimum atomic E-state index is -0.621. The summed E-state index contributed by atoms with van der Waals surface area (Å²) in [5.41, 5.74) is 4.91. The molecule has 2 aromatic carbocycles. The third kappa shape index (κ3) is 3.85. The lowest BCUT2D eigenvalue weighted by atomic mass is 9.94. The molecule has 0 spiro atoms. The summed E-state index contributed by atoms with van der Waals surface area (Å²) in [7, 11) is 7.00. The molecule has 1 heterocycles. The lowest BCUT2D eigenvalue weighted by Gasteiger charge is -2.19. The number of benzene rings is 2. The third-order valence-electron chi connectivity index (χ3n) is 5.51. The van der Waals surface area contributed by atoms with Crippen LogP contribution in [-0.2, 0) is 13.5 Å². The van der Waals surface area contributed by atoms with Crippen LogP contribution in [0.25, 0.3) is 11.0 Å². The fourth-order valence-corrected chi connectivity index (χ4v) is 3.75. The van der Waals surface area contributed by atoms with Crippen LogP contribution >= 0.6 is 0 Å². The number of carbonyl (C=O) groups is 1. The number of rotatable bonds is 6. The van der Waals surface area contributed by atoms with Crippen molar-refractivity contribution >= 4 is 16.9 Å². The van der Waals surface area contributed by atoms with Crippen LogP contribution in [0.4, 0.5) is 0 Å². The van der Waals surface area contributed by atoms with Crippen molar-refractivity contribution in [2.24, 2.45) is 7.05 Å². The summed E-state index contributed by atoms with van der Waals surface area (Å²) in [6, 6.07) is 9.70. The highest BCUT2D eigenvalue weighted by atomic mass is 16.5. The molecule has 0 bridgehead atoms. The molecule has 0 saturated heterocycles. The summed E-state index contributed by atoms with van der Waals surface area (Å²) in [5.74, 6) is 1.36. The maximum atomic E-state index is 12.9. The molecule has 3 rings (SSSR count). The van der Waals surface area contributed by atoms with E-state index in [1.807, 2.05) is 55.8 Å². The Kier molecular flexibility index (Phi) is 5.94. The Morgan fingerprint density at radius 3 is 2.59 bits per heavy atom. The minimum absolute atomic E-state index is 0.0931. The fraction of sp³-hybridized carbons (Fsp3) is 0.391. The highest BCUT2D eigenvalue weighted by Gasteiger charge is 2.24. The fourth-order valence-electron chi connectivity index (χ4n) is 3.75. The van der Waals surface area contributed by atoms with Gasteiger partial charge in [-0.2, -0.15) is 0 Å². The molecule has 0 radical (unpaired) electrons. The molecule has 1 N–H and O–H groups in total. The average molecular weight is 396 g/mol. The Labute approximate surface area is 171 Å². The van der Waals surface area contributed by atoms with E-state index in [9.17, 15) is 9.90 Å². The second-order valence-corrected chi connectivity index (χ2v) is 7.63. The molecule has 0 aliphatic rings. The van der Waals surface area contributed by atoms with Gasteiger partial charge in [0, 0.05) is 32.3 Å². The Hall–Kier alpha value is -2.86. The topological polar surface area (TPSA) is 67.6 Å². The maximum absolute atomic E-state index is 12.9. The molecule has 154 valence electrons. The molecular weight excluding hydrogens is 366 g/mol. The molecule has 6 heteroatoms. The molecule has 0 unspecified atom stereocenters. The Bertz CT molecular complexity index is 1050. The van der Waals surface area contributed by atoms with Crippen LogP contribution in [0.5, 0.6) is 5.75 Å². The van der Waals surface area contributed by atoms with E-state index in [2.05, 4.69) is 4.98 Å². The Morgan fingerprint density at radius 1 is 1.28 bits per heavy atom. The first kappa shape index (κ1) is 20.9. The number of methoxy groups -OCH3 is 1. The van der Waals surface area contributed by atoms with Crippen LogP contribution in [0.3, 0.4) is 0 Å². The average Bonchev–Trinajstić information content (AvgIpc) is 2.98. The van der Waals surface area contributed by atoms with E-state index in [-0.39, 0.29) is 5.91 Å². The van der Waals surface area contributed by atoms with Gasteiger partial charge in [-0.3, -0.25) is 4.79 Å². The van der Waals surface area contributed by atoms with Gasteiger partial charge in [0.1, 0.15) is 11.3 Å². The van der Waals surface area contributed by atoms with E-state index in [1.165, 1.54) is 0 Å². The largest absolute Gasteiger partial charge is 0.494 e. The number of amides is 1. The smallest absolute Gasteiger partial charge is 0.253 e. The zero-order valence-corrected chi connectivity index (χ0v) is 18.0. The zero-order valence-electron chi connectivity index (χ0n) is 18.0. The summed E-state index contributed by atoms with van der Waals surface area (Å²) in [4.78, 5) is 19.1. The third-order valence-corrected chi connectivity index (χ3v) is 5.51.